The molecule has 21 heavy (non-hydrogen) atoms. The first-order valence-electron chi connectivity index (χ1n) is 6.74. The molecule has 0 aliphatic carbocycles. The Morgan fingerprint density at radius 2 is 1.95 bits per heavy atom. The third-order valence-electron chi connectivity index (χ3n) is 3.71. The van der Waals surface area contributed by atoms with Crippen LogP contribution in [0.4, 0.5) is 5.69 Å². The average molecular weight is 331 g/mol. The van der Waals surface area contributed by atoms with E-state index in [9.17, 15) is 4.79 Å². The van der Waals surface area contributed by atoms with Gasteiger partial charge in [0.2, 0.25) is 5.91 Å². The van der Waals surface area contributed by atoms with Gasteiger partial charge in [-0.3, -0.25) is 4.79 Å². The minimum Gasteiger partial charge on any atom is -0.367 e. The van der Waals surface area contributed by atoms with Crippen LogP contribution in [0.1, 0.15) is 13.3 Å². The van der Waals surface area contributed by atoms with Crippen molar-refractivity contribution < 1.29 is 4.79 Å². The van der Waals surface area contributed by atoms with E-state index in [4.69, 9.17) is 0 Å². The van der Waals surface area contributed by atoms with E-state index < -0.39 is 0 Å². The SMILES string of the molecule is CCC(=O)N1CCN(c2ccnc3[nH]ccc23)CC1.Cl.Cl. The van der Waals surface area contributed by atoms with Gasteiger partial charge in [0.15, 0.2) is 0 Å². The lowest BCUT2D eigenvalue weighted by Crippen LogP contribution is -2.48. The number of fused-ring (bicyclic) bond motifs is 1. The maximum Gasteiger partial charge on any atom is 0.222 e. The minimum atomic E-state index is 0. The van der Waals surface area contributed by atoms with Crippen molar-refractivity contribution >= 4 is 47.4 Å². The van der Waals surface area contributed by atoms with Gasteiger partial charge in [0, 0.05) is 56.1 Å². The second-order valence-electron chi connectivity index (χ2n) is 4.79. The molecule has 5 nitrogen and oxygen atoms in total. The molecule has 0 radical (unpaired) electrons. The fourth-order valence-electron chi connectivity index (χ4n) is 2.64. The molecule has 0 aromatic carbocycles. The Bertz CT molecular complexity index is 593. The largest absolute Gasteiger partial charge is 0.367 e. The third-order valence-corrected chi connectivity index (χ3v) is 3.71. The molecular formula is C14H20Cl2N4O. The van der Waals surface area contributed by atoms with Gasteiger partial charge in [-0.2, -0.15) is 0 Å². The zero-order chi connectivity index (χ0) is 13.2. The molecule has 1 aliphatic heterocycles. The predicted molar refractivity (Wildman–Crippen MR) is 89.7 cm³/mol. The van der Waals surface area contributed by atoms with Crippen LogP contribution >= 0.6 is 24.8 Å². The summed E-state index contributed by atoms with van der Waals surface area (Å²) in [5, 5.41) is 1.15. The average Bonchev–Trinajstić information content (AvgIpc) is 2.95. The lowest BCUT2D eigenvalue weighted by atomic mass is 10.2. The van der Waals surface area contributed by atoms with Crippen LogP contribution in [0, 0.1) is 0 Å². The van der Waals surface area contributed by atoms with Crippen molar-refractivity contribution in [2.45, 2.75) is 13.3 Å². The Morgan fingerprint density at radius 1 is 1.24 bits per heavy atom. The Hall–Kier alpha value is -1.46. The zero-order valence-corrected chi connectivity index (χ0v) is 13.5. The summed E-state index contributed by atoms with van der Waals surface area (Å²) in [6, 6.07) is 4.11. The van der Waals surface area contributed by atoms with Crippen LogP contribution in [0.25, 0.3) is 11.0 Å². The summed E-state index contributed by atoms with van der Waals surface area (Å²) in [6.07, 6.45) is 4.34. The summed E-state index contributed by atoms with van der Waals surface area (Å²) in [4.78, 5) is 23.4. The van der Waals surface area contributed by atoms with Gasteiger partial charge in [0.25, 0.3) is 0 Å². The molecule has 1 N–H and O–H groups in total. The van der Waals surface area contributed by atoms with Gasteiger partial charge in [0.05, 0.1) is 0 Å². The number of aromatic nitrogens is 2. The molecule has 2 aromatic heterocycles. The van der Waals surface area contributed by atoms with Crippen LogP contribution in [-0.2, 0) is 4.79 Å². The first-order chi connectivity index (χ1) is 9.29. The number of carbonyl (C=O) groups is 1. The molecule has 1 amide bonds. The molecule has 1 fully saturated rings. The Balaban J connectivity index is 0.00000110. The number of halogens is 2. The fourth-order valence-corrected chi connectivity index (χ4v) is 2.64. The smallest absolute Gasteiger partial charge is 0.222 e. The third kappa shape index (κ3) is 3.41. The van der Waals surface area contributed by atoms with Crippen LogP contribution in [0.15, 0.2) is 24.5 Å². The topological polar surface area (TPSA) is 52.2 Å². The number of piperazine rings is 1. The highest BCUT2D eigenvalue weighted by atomic mass is 35.5. The molecule has 1 saturated heterocycles. The molecule has 7 heteroatoms. The van der Waals surface area contributed by atoms with Gasteiger partial charge in [-0.1, -0.05) is 6.92 Å². The summed E-state index contributed by atoms with van der Waals surface area (Å²) < 4.78 is 0. The summed E-state index contributed by atoms with van der Waals surface area (Å²) in [7, 11) is 0. The molecule has 0 atom stereocenters. The molecule has 0 bridgehead atoms. The first-order valence-corrected chi connectivity index (χ1v) is 6.74. The molecular weight excluding hydrogens is 311 g/mol. The molecule has 3 rings (SSSR count). The second-order valence-corrected chi connectivity index (χ2v) is 4.79. The van der Waals surface area contributed by atoms with Crippen LogP contribution in [0.3, 0.4) is 0 Å². The van der Waals surface area contributed by atoms with Crippen LogP contribution in [0.5, 0.6) is 0 Å². The van der Waals surface area contributed by atoms with E-state index in [1.807, 2.05) is 30.3 Å². The summed E-state index contributed by atoms with van der Waals surface area (Å²) in [6.45, 7) is 5.30. The van der Waals surface area contributed by atoms with E-state index in [-0.39, 0.29) is 30.7 Å². The summed E-state index contributed by atoms with van der Waals surface area (Å²) in [5.74, 6) is 0.251. The summed E-state index contributed by atoms with van der Waals surface area (Å²) in [5.41, 5.74) is 2.12. The maximum atomic E-state index is 11.7. The molecule has 0 spiro atoms. The number of hydrogen-bond acceptors (Lipinski definition) is 3. The van der Waals surface area contributed by atoms with E-state index in [0.717, 1.165) is 37.2 Å². The highest BCUT2D eigenvalue weighted by Gasteiger charge is 2.21. The van der Waals surface area contributed by atoms with Crippen molar-refractivity contribution in [1.82, 2.24) is 14.9 Å². The van der Waals surface area contributed by atoms with Crippen LogP contribution in [-0.4, -0.2) is 47.0 Å². The summed E-state index contributed by atoms with van der Waals surface area (Å²) >= 11 is 0. The standard InChI is InChI=1S/C14H18N4O.2ClH/c1-2-13(19)18-9-7-17(8-10-18)12-4-6-16-14-11(12)3-5-15-14;;/h3-6H,2,7-10H2,1H3,(H,15,16);2*1H. The van der Waals surface area contributed by atoms with E-state index >= 15 is 0 Å². The van der Waals surface area contributed by atoms with E-state index in [1.165, 1.54) is 5.69 Å². The lowest BCUT2D eigenvalue weighted by Gasteiger charge is -2.36. The van der Waals surface area contributed by atoms with Crippen molar-refractivity contribution in [2.24, 2.45) is 0 Å². The molecule has 0 saturated carbocycles. The number of H-pyrrole nitrogens is 1. The second kappa shape index (κ2) is 7.52. The number of aromatic amines is 1. The molecule has 1 aliphatic rings. The Kier molecular flexibility index (Phi) is 6.30. The predicted octanol–water partition coefficient (Wildman–Crippen LogP) is 2.47. The fraction of sp³-hybridized carbons (Fsp3) is 0.429. The van der Waals surface area contributed by atoms with Crippen molar-refractivity contribution in [1.29, 1.82) is 0 Å². The molecule has 0 unspecified atom stereocenters. The number of carbonyl (C=O) groups excluding carboxylic acids is 1. The van der Waals surface area contributed by atoms with Crippen LogP contribution in [0.2, 0.25) is 0 Å². The van der Waals surface area contributed by atoms with E-state index in [1.54, 1.807) is 0 Å². The van der Waals surface area contributed by atoms with E-state index in [2.05, 4.69) is 20.9 Å². The van der Waals surface area contributed by atoms with Crippen LogP contribution < -0.4 is 4.90 Å². The van der Waals surface area contributed by atoms with Crippen molar-refractivity contribution in [3.8, 4) is 0 Å². The normalized spacial score (nSPS) is 14.5. The number of nitrogens with one attached hydrogen (secondary N) is 1. The molecule has 2 aromatic rings. The van der Waals surface area contributed by atoms with Gasteiger partial charge in [-0.15, -0.1) is 24.8 Å². The van der Waals surface area contributed by atoms with Gasteiger partial charge < -0.3 is 14.8 Å². The number of nitrogens with zero attached hydrogens (tertiary/aromatic N) is 3. The maximum absolute atomic E-state index is 11.7. The van der Waals surface area contributed by atoms with Gasteiger partial charge in [0.1, 0.15) is 5.65 Å². The highest BCUT2D eigenvalue weighted by molar-refractivity contribution is 5.89. The lowest BCUT2D eigenvalue weighted by molar-refractivity contribution is -0.131. The number of anilines is 1. The van der Waals surface area contributed by atoms with E-state index in [0.29, 0.717) is 6.42 Å². The zero-order valence-electron chi connectivity index (χ0n) is 11.9. The Morgan fingerprint density at radius 3 is 2.62 bits per heavy atom. The quantitative estimate of drug-likeness (QED) is 0.920. The van der Waals surface area contributed by atoms with Crippen molar-refractivity contribution in [2.75, 3.05) is 31.1 Å². The van der Waals surface area contributed by atoms with Gasteiger partial charge >= 0.3 is 0 Å². The molecule has 3 heterocycles. The van der Waals surface area contributed by atoms with Gasteiger partial charge in [-0.05, 0) is 12.1 Å². The number of rotatable bonds is 2. The Labute approximate surface area is 136 Å². The van der Waals surface area contributed by atoms with Crippen molar-refractivity contribution in [3.63, 3.8) is 0 Å². The monoisotopic (exact) mass is 330 g/mol. The minimum absolute atomic E-state index is 0. The number of pyridine rings is 1. The first kappa shape index (κ1) is 17.6. The van der Waals surface area contributed by atoms with Crippen molar-refractivity contribution in [3.05, 3.63) is 24.5 Å². The van der Waals surface area contributed by atoms with Gasteiger partial charge in [-0.25, -0.2) is 4.98 Å². The molecule has 116 valence electrons. The number of amides is 1. The number of hydrogen-bond donors (Lipinski definition) is 1. The highest BCUT2D eigenvalue weighted by Crippen LogP contribution is 2.25.